The standard InChI is InChI=1S/C8H21B2P/c1-5-7-9-10-8(6-2)11(7,3)4/h7-11H,5-6H2,1-4H3. The van der Waals surface area contributed by atoms with Crippen molar-refractivity contribution in [3.8, 4) is 0 Å². The van der Waals surface area contributed by atoms with Gasteiger partial charge in [-0.05, 0) is 0 Å². The van der Waals surface area contributed by atoms with Crippen molar-refractivity contribution >= 4 is 21.6 Å². The summed E-state index contributed by atoms with van der Waals surface area (Å²) >= 11 is 0. The third-order valence-electron chi connectivity index (χ3n) is 3.95. The summed E-state index contributed by atoms with van der Waals surface area (Å²) in [5, 5.41) is 0. The SMILES string of the molecule is CCC1BBC(CC)[PH]1(C)C. The van der Waals surface area contributed by atoms with Crippen LogP contribution in [0.5, 0.6) is 0 Å². The molecule has 0 spiro atoms. The summed E-state index contributed by atoms with van der Waals surface area (Å²) in [4.78, 5) is 0. The van der Waals surface area contributed by atoms with E-state index in [1.807, 2.05) is 0 Å². The molecule has 1 fully saturated rings. The van der Waals surface area contributed by atoms with Gasteiger partial charge < -0.3 is 0 Å². The van der Waals surface area contributed by atoms with Gasteiger partial charge in [-0.1, -0.05) is 0 Å². The Bertz CT molecular complexity index is 122. The van der Waals surface area contributed by atoms with Gasteiger partial charge in [0.05, 0.1) is 0 Å². The van der Waals surface area contributed by atoms with Crippen LogP contribution in [0.25, 0.3) is 0 Å². The van der Waals surface area contributed by atoms with Crippen LogP contribution in [0, 0.1) is 0 Å². The van der Waals surface area contributed by atoms with Crippen LogP contribution in [0.15, 0.2) is 0 Å². The molecule has 0 N–H and O–H groups in total. The Hall–Kier alpha value is 0.560. The molecule has 0 nitrogen and oxygen atoms in total. The van der Waals surface area contributed by atoms with Gasteiger partial charge in [0.2, 0.25) is 0 Å². The van der Waals surface area contributed by atoms with Gasteiger partial charge in [-0.25, -0.2) is 0 Å². The Morgan fingerprint density at radius 1 is 1.00 bits per heavy atom. The molecule has 2 atom stereocenters. The topological polar surface area (TPSA) is 0 Å². The fraction of sp³-hybridized carbons (Fsp3) is 1.00. The average Bonchev–Trinajstić information content (AvgIpc) is 2.24. The van der Waals surface area contributed by atoms with Gasteiger partial charge in [0, 0.05) is 0 Å². The molecule has 0 aromatic rings. The fourth-order valence-electron chi connectivity index (χ4n) is 2.94. The molecule has 2 unspecified atom stereocenters. The van der Waals surface area contributed by atoms with Crippen LogP contribution < -0.4 is 0 Å². The molecule has 11 heavy (non-hydrogen) atoms. The van der Waals surface area contributed by atoms with E-state index in [1.165, 1.54) is 27.2 Å². The van der Waals surface area contributed by atoms with E-state index in [9.17, 15) is 0 Å². The zero-order valence-corrected chi connectivity index (χ0v) is 9.48. The van der Waals surface area contributed by atoms with Crippen molar-refractivity contribution in [1.29, 1.82) is 0 Å². The van der Waals surface area contributed by atoms with Crippen molar-refractivity contribution in [3.63, 3.8) is 0 Å². The zero-order valence-electron chi connectivity index (χ0n) is 8.48. The van der Waals surface area contributed by atoms with E-state index in [0.717, 1.165) is 11.1 Å². The summed E-state index contributed by atoms with van der Waals surface area (Å²) in [6, 6.07) is 0. The van der Waals surface area contributed by atoms with Crippen molar-refractivity contribution in [3.05, 3.63) is 0 Å². The van der Waals surface area contributed by atoms with Crippen molar-refractivity contribution in [2.75, 3.05) is 13.3 Å². The van der Waals surface area contributed by atoms with E-state index in [2.05, 4.69) is 27.2 Å². The summed E-state index contributed by atoms with van der Waals surface area (Å²) < 4.78 is 0. The van der Waals surface area contributed by atoms with Crippen molar-refractivity contribution < 1.29 is 0 Å². The maximum absolute atomic E-state index is 2.60. The second-order valence-corrected chi connectivity index (χ2v) is 9.88. The third kappa shape index (κ3) is 1.66. The Kier molecular flexibility index (Phi) is 3.09. The van der Waals surface area contributed by atoms with Gasteiger partial charge in [-0.15, -0.1) is 0 Å². The van der Waals surface area contributed by atoms with E-state index in [1.54, 1.807) is 0 Å². The van der Waals surface area contributed by atoms with Crippen LogP contribution in [-0.2, 0) is 0 Å². The molecular weight excluding hydrogens is 149 g/mol. The van der Waals surface area contributed by atoms with Crippen LogP contribution in [0.4, 0.5) is 0 Å². The molecule has 1 rings (SSSR count). The second kappa shape index (κ2) is 3.52. The monoisotopic (exact) mass is 170 g/mol. The molecule has 0 amide bonds. The molecule has 0 radical (unpaired) electrons. The molecule has 0 aromatic carbocycles. The molecule has 1 heterocycles. The first kappa shape index (κ1) is 9.65. The van der Waals surface area contributed by atoms with Crippen molar-refractivity contribution in [2.45, 2.75) is 37.8 Å². The second-order valence-electron chi connectivity index (χ2n) is 4.61. The van der Waals surface area contributed by atoms with Gasteiger partial charge in [0.15, 0.2) is 0 Å². The zero-order chi connectivity index (χ0) is 8.48. The molecule has 1 saturated heterocycles. The minimum absolute atomic E-state index is 0.799. The van der Waals surface area contributed by atoms with E-state index in [0.29, 0.717) is 0 Å². The first-order valence-electron chi connectivity index (χ1n) is 5.12. The number of rotatable bonds is 2. The van der Waals surface area contributed by atoms with Crippen LogP contribution in [0.3, 0.4) is 0 Å². The van der Waals surface area contributed by atoms with Crippen LogP contribution in [0.2, 0.25) is 0 Å². The molecule has 3 heteroatoms. The van der Waals surface area contributed by atoms with Gasteiger partial charge >= 0.3 is 72.7 Å². The summed E-state index contributed by atoms with van der Waals surface area (Å²) in [7, 11) is 2.27. The van der Waals surface area contributed by atoms with E-state index in [-0.39, 0.29) is 0 Å². The van der Waals surface area contributed by atoms with Gasteiger partial charge in [0.1, 0.15) is 0 Å². The van der Waals surface area contributed by atoms with Gasteiger partial charge in [0.25, 0.3) is 0 Å². The summed E-state index contributed by atoms with van der Waals surface area (Å²) in [5.41, 5.74) is 2.26. The van der Waals surface area contributed by atoms with Crippen molar-refractivity contribution in [2.24, 2.45) is 0 Å². The predicted molar refractivity (Wildman–Crippen MR) is 62.6 cm³/mol. The fourth-order valence-corrected chi connectivity index (χ4v) is 7.53. The minimum atomic E-state index is -0.799. The molecule has 0 aliphatic carbocycles. The van der Waals surface area contributed by atoms with E-state index < -0.39 is 7.26 Å². The van der Waals surface area contributed by atoms with Gasteiger partial charge in [-0.2, -0.15) is 0 Å². The molecule has 1 aliphatic rings. The first-order valence-corrected chi connectivity index (χ1v) is 8.28. The van der Waals surface area contributed by atoms with E-state index >= 15 is 0 Å². The molecule has 64 valence electrons. The van der Waals surface area contributed by atoms with Gasteiger partial charge in [-0.3, -0.25) is 0 Å². The van der Waals surface area contributed by atoms with E-state index in [4.69, 9.17) is 0 Å². The first-order chi connectivity index (χ1) is 5.12. The molecule has 0 aromatic heterocycles. The van der Waals surface area contributed by atoms with Crippen LogP contribution in [-0.4, -0.2) is 38.8 Å². The number of hydrogen-bond acceptors (Lipinski definition) is 0. The molecule has 0 bridgehead atoms. The third-order valence-corrected chi connectivity index (χ3v) is 9.56. The molecule has 1 aliphatic heterocycles. The number of hydrogen-bond donors (Lipinski definition) is 0. The molecular formula is C8H21B2P. The Morgan fingerprint density at radius 3 is 1.55 bits per heavy atom. The average molecular weight is 170 g/mol. The van der Waals surface area contributed by atoms with Crippen LogP contribution >= 0.6 is 7.26 Å². The quantitative estimate of drug-likeness (QED) is 0.432. The molecule has 0 saturated carbocycles. The Morgan fingerprint density at radius 2 is 1.36 bits per heavy atom. The normalized spacial score (nSPS) is 37.5. The summed E-state index contributed by atoms with van der Waals surface area (Å²) in [5.74, 6) is 0. The summed E-state index contributed by atoms with van der Waals surface area (Å²) in [6.07, 6.45) is 2.88. The Balaban J connectivity index is 2.64. The van der Waals surface area contributed by atoms with Crippen molar-refractivity contribution in [1.82, 2.24) is 0 Å². The van der Waals surface area contributed by atoms with Crippen LogP contribution in [0.1, 0.15) is 26.7 Å². The Labute approximate surface area is 73.3 Å². The predicted octanol–water partition coefficient (Wildman–Crippen LogP) is 1.27. The summed E-state index contributed by atoms with van der Waals surface area (Å²) in [6.45, 7) is 9.94. The maximum atomic E-state index is 2.60.